The summed E-state index contributed by atoms with van der Waals surface area (Å²) in [6.45, 7) is 2.85. The first kappa shape index (κ1) is 17.4. The van der Waals surface area contributed by atoms with Gasteiger partial charge >= 0.3 is 0 Å². The van der Waals surface area contributed by atoms with Crippen LogP contribution in [0.3, 0.4) is 0 Å². The average Bonchev–Trinajstić information content (AvgIpc) is 3.01. The summed E-state index contributed by atoms with van der Waals surface area (Å²) in [5, 5.41) is 1.26. The predicted octanol–water partition coefficient (Wildman–Crippen LogP) is 4.44. The largest absolute Gasteiger partial charge is 0.496 e. The predicted molar refractivity (Wildman–Crippen MR) is 104 cm³/mol. The molecule has 3 N–H and O–H groups in total. The van der Waals surface area contributed by atoms with Crippen LogP contribution >= 0.6 is 0 Å². The molecule has 0 aliphatic heterocycles. The summed E-state index contributed by atoms with van der Waals surface area (Å²) in [6, 6.07) is 12.3. The summed E-state index contributed by atoms with van der Waals surface area (Å²) < 4.78 is 11.3. The molecular formula is C21H26N2O2. The van der Waals surface area contributed by atoms with Gasteiger partial charge in [-0.25, -0.2) is 0 Å². The first-order valence-electron chi connectivity index (χ1n) is 8.72. The fraction of sp³-hybridized carbons (Fsp3) is 0.333. The van der Waals surface area contributed by atoms with Crippen molar-refractivity contribution in [2.75, 3.05) is 20.8 Å². The van der Waals surface area contributed by atoms with Crippen LogP contribution in [-0.4, -0.2) is 25.7 Å². The fourth-order valence-electron chi connectivity index (χ4n) is 3.44. The van der Waals surface area contributed by atoms with Crippen molar-refractivity contribution in [2.24, 2.45) is 5.73 Å². The highest BCUT2D eigenvalue weighted by Gasteiger charge is 2.20. The number of methoxy groups -OCH3 is 2. The van der Waals surface area contributed by atoms with E-state index in [4.69, 9.17) is 15.2 Å². The lowest BCUT2D eigenvalue weighted by Gasteiger charge is -2.14. The molecule has 3 aromatic rings. The second-order valence-electron chi connectivity index (χ2n) is 6.26. The number of unbranched alkanes of at least 4 members (excludes halogenated alkanes) is 1. The number of aromatic amines is 1. The second kappa shape index (κ2) is 7.62. The Bertz CT molecular complexity index is 845. The minimum absolute atomic E-state index is 0.717. The third-order valence-corrected chi connectivity index (χ3v) is 4.71. The van der Waals surface area contributed by atoms with E-state index in [0.29, 0.717) is 6.54 Å². The molecule has 0 saturated heterocycles. The Labute approximate surface area is 149 Å². The standard InChI is InChI=1S/C21H26N2O2/c1-14-8-6-10-15-16(9-4-5-13-22)21(23-20(14)15)19-17(24-2)11-7-12-18(19)25-3/h6-8,10-12,23H,4-5,9,13,22H2,1-3H3. The molecule has 4 nitrogen and oxygen atoms in total. The van der Waals surface area contributed by atoms with Crippen molar-refractivity contribution in [3.8, 4) is 22.8 Å². The van der Waals surface area contributed by atoms with E-state index in [9.17, 15) is 0 Å². The highest BCUT2D eigenvalue weighted by Crippen LogP contribution is 2.42. The van der Waals surface area contributed by atoms with Crippen molar-refractivity contribution in [1.29, 1.82) is 0 Å². The van der Waals surface area contributed by atoms with Gasteiger partial charge in [0.15, 0.2) is 0 Å². The molecular weight excluding hydrogens is 312 g/mol. The van der Waals surface area contributed by atoms with Gasteiger partial charge in [-0.3, -0.25) is 0 Å². The molecule has 132 valence electrons. The molecule has 1 heterocycles. The SMILES string of the molecule is COc1cccc(OC)c1-c1[nH]c2c(C)cccc2c1CCCCN. The third kappa shape index (κ3) is 3.22. The van der Waals surface area contributed by atoms with Crippen LogP contribution in [0.4, 0.5) is 0 Å². The molecule has 0 unspecified atom stereocenters. The Morgan fingerprint density at radius 3 is 2.28 bits per heavy atom. The molecule has 0 bridgehead atoms. The van der Waals surface area contributed by atoms with Gasteiger partial charge in [0.25, 0.3) is 0 Å². The van der Waals surface area contributed by atoms with Crippen molar-refractivity contribution in [3.63, 3.8) is 0 Å². The highest BCUT2D eigenvalue weighted by atomic mass is 16.5. The quantitative estimate of drug-likeness (QED) is 0.626. The Morgan fingerprint density at radius 1 is 0.960 bits per heavy atom. The Kier molecular flexibility index (Phi) is 5.29. The number of nitrogens with one attached hydrogen (secondary N) is 1. The number of aromatic nitrogens is 1. The number of rotatable bonds is 7. The van der Waals surface area contributed by atoms with Gasteiger partial charge in [0.2, 0.25) is 0 Å². The summed E-state index contributed by atoms with van der Waals surface area (Å²) in [5.41, 5.74) is 11.5. The van der Waals surface area contributed by atoms with Crippen LogP contribution in [0.5, 0.6) is 11.5 Å². The van der Waals surface area contributed by atoms with E-state index in [1.54, 1.807) is 14.2 Å². The molecule has 0 saturated carbocycles. The minimum atomic E-state index is 0.717. The number of H-pyrrole nitrogens is 1. The second-order valence-corrected chi connectivity index (χ2v) is 6.26. The normalized spacial score (nSPS) is 11.0. The number of nitrogens with two attached hydrogens (primary N) is 1. The summed E-state index contributed by atoms with van der Waals surface area (Å²) in [4.78, 5) is 3.63. The molecule has 0 spiro atoms. The van der Waals surface area contributed by atoms with E-state index < -0.39 is 0 Å². The van der Waals surface area contributed by atoms with Gasteiger partial charge in [0.1, 0.15) is 11.5 Å². The van der Waals surface area contributed by atoms with Gasteiger partial charge in [-0.05, 0) is 56.0 Å². The molecule has 0 atom stereocenters. The Morgan fingerprint density at radius 2 is 1.64 bits per heavy atom. The van der Waals surface area contributed by atoms with Gasteiger partial charge in [-0.15, -0.1) is 0 Å². The van der Waals surface area contributed by atoms with Crippen molar-refractivity contribution in [2.45, 2.75) is 26.2 Å². The van der Waals surface area contributed by atoms with E-state index in [0.717, 1.165) is 42.0 Å². The molecule has 1 aromatic heterocycles. The van der Waals surface area contributed by atoms with Crippen LogP contribution in [0, 0.1) is 6.92 Å². The zero-order valence-corrected chi connectivity index (χ0v) is 15.2. The maximum atomic E-state index is 5.70. The van der Waals surface area contributed by atoms with Crippen molar-refractivity contribution < 1.29 is 9.47 Å². The molecule has 0 aliphatic carbocycles. The Balaban J connectivity index is 2.25. The van der Waals surface area contributed by atoms with Gasteiger partial charge in [0, 0.05) is 10.9 Å². The highest BCUT2D eigenvalue weighted by molar-refractivity contribution is 5.94. The van der Waals surface area contributed by atoms with E-state index in [2.05, 4.69) is 30.1 Å². The number of para-hydroxylation sites is 1. The molecule has 4 heteroatoms. The minimum Gasteiger partial charge on any atom is -0.496 e. The van der Waals surface area contributed by atoms with E-state index in [1.807, 2.05) is 18.2 Å². The maximum Gasteiger partial charge on any atom is 0.131 e. The third-order valence-electron chi connectivity index (χ3n) is 4.71. The zero-order chi connectivity index (χ0) is 17.8. The lowest BCUT2D eigenvalue weighted by atomic mass is 9.98. The number of hydrogen-bond donors (Lipinski definition) is 2. The summed E-state index contributed by atoms with van der Waals surface area (Å²) in [5.74, 6) is 1.62. The van der Waals surface area contributed by atoms with Gasteiger partial charge in [0.05, 0.1) is 25.5 Å². The van der Waals surface area contributed by atoms with Crippen LogP contribution in [0.25, 0.3) is 22.2 Å². The number of fused-ring (bicyclic) bond motifs is 1. The van der Waals surface area contributed by atoms with E-state index in [-0.39, 0.29) is 0 Å². The molecule has 0 aliphatic rings. The van der Waals surface area contributed by atoms with Crippen LogP contribution < -0.4 is 15.2 Å². The zero-order valence-electron chi connectivity index (χ0n) is 15.2. The molecule has 0 radical (unpaired) electrons. The molecule has 25 heavy (non-hydrogen) atoms. The van der Waals surface area contributed by atoms with Gasteiger partial charge in [-0.1, -0.05) is 24.3 Å². The van der Waals surface area contributed by atoms with Crippen LogP contribution in [0.2, 0.25) is 0 Å². The fourth-order valence-corrected chi connectivity index (χ4v) is 3.44. The lowest BCUT2D eigenvalue weighted by Crippen LogP contribution is -2.00. The molecule has 3 rings (SSSR count). The monoisotopic (exact) mass is 338 g/mol. The topological polar surface area (TPSA) is 60.3 Å². The Hall–Kier alpha value is -2.46. The van der Waals surface area contributed by atoms with Crippen LogP contribution in [-0.2, 0) is 6.42 Å². The summed E-state index contributed by atoms with van der Waals surface area (Å²) in [6.07, 6.45) is 3.04. The first-order valence-corrected chi connectivity index (χ1v) is 8.72. The molecule has 2 aromatic carbocycles. The molecule has 0 amide bonds. The van der Waals surface area contributed by atoms with Crippen molar-refractivity contribution in [3.05, 3.63) is 47.5 Å². The van der Waals surface area contributed by atoms with E-state index in [1.165, 1.54) is 22.0 Å². The van der Waals surface area contributed by atoms with Gasteiger partial charge in [-0.2, -0.15) is 0 Å². The number of benzene rings is 2. The lowest BCUT2D eigenvalue weighted by molar-refractivity contribution is 0.397. The van der Waals surface area contributed by atoms with E-state index >= 15 is 0 Å². The van der Waals surface area contributed by atoms with Crippen LogP contribution in [0.15, 0.2) is 36.4 Å². The van der Waals surface area contributed by atoms with Crippen molar-refractivity contribution in [1.82, 2.24) is 4.98 Å². The number of ether oxygens (including phenoxy) is 2. The average molecular weight is 338 g/mol. The van der Waals surface area contributed by atoms with Gasteiger partial charge < -0.3 is 20.2 Å². The van der Waals surface area contributed by atoms with Crippen LogP contribution in [0.1, 0.15) is 24.0 Å². The summed E-state index contributed by atoms with van der Waals surface area (Å²) >= 11 is 0. The summed E-state index contributed by atoms with van der Waals surface area (Å²) in [7, 11) is 3.39. The first-order chi connectivity index (χ1) is 12.2. The van der Waals surface area contributed by atoms with Crippen molar-refractivity contribution >= 4 is 10.9 Å². The maximum absolute atomic E-state index is 5.70. The number of aryl methyl sites for hydroxylation is 2. The smallest absolute Gasteiger partial charge is 0.131 e. The molecule has 0 fully saturated rings. The number of hydrogen-bond acceptors (Lipinski definition) is 3.